The van der Waals surface area contributed by atoms with Gasteiger partial charge in [0.1, 0.15) is 0 Å². The molecule has 1 fully saturated rings. The van der Waals surface area contributed by atoms with E-state index in [1.54, 1.807) is 11.9 Å². The monoisotopic (exact) mass is 260 g/mol. The molecule has 102 valence electrons. The van der Waals surface area contributed by atoms with Gasteiger partial charge in [-0.3, -0.25) is 4.79 Å². The molecule has 1 N–H and O–H groups in total. The van der Waals surface area contributed by atoms with Crippen LogP contribution in [0.3, 0.4) is 0 Å². The molecule has 1 atom stereocenters. The molecule has 19 heavy (non-hydrogen) atoms. The topological polar surface area (TPSA) is 43.8 Å². The van der Waals surface area contributed by atoms with Gasteiger partial charge in [0.05, 0.1) is 5.69 Å². The van der Waals surface area contributed by atoms with E-state index in [-0.39, 0.29) is 11.4 Å². The number of likely N-dealkylation sites (N-methyl/N-ethyl adjacent to an activating group) is 1. The van der Waals surface area contributed by atoms with Crippen molar-refractivity contribution in [3.8, 4) is 0 Å². The van der Waals surface area contributed by atoms with Crippen molar-refractivity contribution in [3.05, 3.63) is 23.8 Å². The summed E-state index contributed by atoms with van der Waals surface area (Å²) in [6, 6.07) is 5.92. The lowest BCUT2D eigenvalue weighted by atomic mass is 10.0. The van der Waals surface area contributed by atoms with Crippen LogP contribution in [0.2, 0.25) is 0 Å². The molecule has 0 radical (unpaired) electrons. The van der Waals surface area contributed by atoms with Gasteiger partial charge >= 0.3 is 0 Å². The van der Waals surface area contributed by atoms with E-state index in [2.05, 4.69) is 18.7 Å². The quantitative estimate of drug-likeness (QED) is 0.840. The molecule has 1 aromatic carbocycles. The summed E-state index contributed by atoms with van der Waals surface area (Å²) in [7, 11) is 1.72. The zero-order valence-corrected chi connectivity index (χ0v) is 11.7. The second-order valence-electron chi connectivity index (χ2n) is 6.11. The fourth-order valence-corrected chi connectivity index (χ4v) is 3.24. The van der Waals surface area contributed by atoms with Crippen molar-refractivity contribution >= 4 is 17.3 Å². The van der Waals surface area contributed by atoms with Crippen LogP contribution in [0.25, 0.3) is 0 Å². The Morgan fingerprint density at radius 3 is 2.74 bits per heavy atom. The fourth-order valence-electron chi connectivity index (χ4n) is 3.24. The second kappa shape index (κ2) is 3.97. The Morgan fingerprint density at radius 1 is 1.37 bits per heavy atom. The van der Waals surface area contributed by atoms with Gasteiger partial charge < -0.3 is 14.9 Å². The van der Waals surface area contributed by atoms with Crippen molar-refractivity contribution in [1.82, 2.24) is 0 Å². The summed E-state index contributed by atoms with van der Waals surface area (Å²) in [6.07, 6.45) is 1.38. The van der Waals surface area contributed by atoms with Crippen molar-refractivity contribution in [2.24, 2.45) is 0 Å². The number of hydrogen-bond donors (Lipinski definition) is 1. The van der Waals surface area contributed by atoms with Crippen LogP contribution in [0.1, 0.15) is 38.4 Å². The summed E-state index contributed by atoms with van der Waals surface area (Å²) in [5.41, 5.74) is 2.84. The molecule has 2 aliphatic heterocycles. The average molecular weight is 260 g/mol. The zero-order chi connectivity index (χ0) is 13.8. The first kappa shape index (κ1) is 12.5. The molecule has 1 aromatic rings. The average Bonchev–Trinajstić information content (AvgIpc) is 2.83. The number of fused-ring (bicyclic) bond motifs is 1. The molecule has 2 heterocycles. The largest absolute Gasteiger partial charge is 0.378 e. The van der Waals surface area contributed by atoms with E-state index in [1.807, 2.05) is 18.2 Å². The standard InChI is InChI=1S/C15H20N2O2/c1-15(2)7-4-8-17(15)10-5-6-11-12(9-10)16(3)14(19)13(11)18/h5-6,9,13,18H,4,7-8H2,1-3H3. The van der Waals surface area contributed by atoms with Crippen LogP contribution in [0, 0.1) is 0 Å². The molecular formula is C15H20N2O2. The molecule has 0 spiro atoms. The van der Waals surface area contributed by atoms with E-state index in [0.29, 0.717) is 5.56 Å². The minimum atomic E-state index is -0.999. The number of rotatable bonds is 1. The maximum absolute atomic E-state index is 11.8. The molecule has 0 aromatic heterocycles. The van der Waals surface area contributed by atoms with Crippen LogP contribution >= 0.6 is 0 Å². The molecule has 0 saturated carbocycles. The van der Waals surface area contributed by atoms with Gasteiger partial charge in [0.2, 0.25) is 0 Å². The second-order valence-corrected chi connectivity index (χ2v) is 6.11. The molecule has 1 unspecified atom stereocenters. The van der Waals surface area contributed by atoms with E-state index in [1.165, 1.54) is 12.8 Å². The van der Waals surface area contributed by atoms with E-state index >= 15 is 0 Å². The predicted molar refractivity (Wildman–Crippen MR) is 75.5 cm³/mol. The SMILES string of the molecule is CN1C(=O)C(O)c2ccc(N3CCCC3(C)C)cc21. The number of benzene rings is 1. The Bertz CT molecular complexity index is 539. The van der Waals surface area contributed by atoms with Crippen LogP contribution < -0.4 is 9.80 Å². The fraction of sp³-hybridized carbons (Fsp3) is 0.533. The van der Waals surface area contributed by atoms with Crippen LogP contribution in [0.15, 0.2) is 18.2 Å². The lowest BCUT2D eigenvalue weighted by molar-refractivity contribution is -0.125. The van der Waals surface area contributed by atoms with Gasteiger partial charge in [-0.1, -0.05) is 6.07 Å². The summed E-state index contributed by atoms with van der Waals surface area (Å²) in [5.74, 6) is -0.243. The summed E-state index contributed by atoms with van der Waals surface area (Å²) >= 11 is 0. The van der Waals surface area contributed by atoms with Gasteiger partial charge in [-0.25, -0.2) is 0 Å². The summed E-state index contributed by atoms with van der Waals surface area (Å²) in [5, 5.41) is 9.87. The zero-order valence-electron chi connectivity index (χ0n) is 11.7. The Morgan fingerprint density at radius 2 is 2.11 bits per heavy atom. The minimum Gasteiger partial charge on any atom is -0.378 e. The Labute approximate surface area is 113 Å². The van der Waals surface area contributed by atoms with Crippen LogP contribution in [0.5, 0.6) is 0 Å². The van der Waals surface area contributed by atoms with Crippen molar-refractivity contribution in [2.45, 2.75) is 38.3 Å². The molecule has 4 nitrogen and oxygen atoms in total. The molecule has 0 aliphatic carbocycles. The maximum Gasteiger partial charge on any atom is 0.260 e. The van der Waals surface area contributed by atoms with Crippen LogP contribution in [-0.4, -0.2) is 30.1 Å². The highest BCUT2D eigenvalue weighted by atomic mass is 16.3. The normalized spacial score (nSPS) is 25.1. The molecular weight excluding hydrogens is 240 g/mol. The number of anilines is 2. The van der Waals surface area contributed by atoms with Gasteiger partial charge in [0, 0.05) is 30.4 Å². The molecule has 1 saturated heterocycles. The smallest absolute Gasteiger partial charge is 0.260 e. The number of aliphatic hydroxyl groups is 1. The highest BCUT2D eigenvalue weighted by molar-refractivity contribution is 6.03. The van der Waals surface area contributed by atoms with E-state index in [0.717, 1.165) is 17.9 Å². The first-order valence-corrected chi connectivity index (χ1v) is 6.79. The van der Waals surface area contributed by atoms with Gasteiger partial charge in [-0.05, 0) is 38.8 Å². The molecule has 1 amide bonds. The lowest BCUT2D eigenvalue weighted by Gasteiger charge is -2.34. The third kappa shape index (κ3) is 1.74. The number of amides is 1. The van der Waals surface area contributed by atoms with Gasteiger partial charge in [-0.2, -0.15) is 0 Å². The minimum absolute atomic E-state index is 0.161. The molecule has 0 bridgehead atoms. The number of carbonyl (C=O) groups excluding carboxylic acids is 1. The molecule has 3 rings (SSSR count). The Kier molecular flexibility index (Phi) is 2.61. The van der Waals surface area contributed by atoms with Gasteiger partial charge in [0.25, 0.3) is 5.91 Å². The predicted octanol–water partition coefficient (Wildman–Crippen LogP) is 2.08. The van der Waals surface area contributed by atoms with Crippen molar-refractivity contribution in [1.29, 1.82) is 0 Å². The molecule has 2 aliphatic rings. The Balaban J connectivity index is 2.02. The van der Waals surface area contributed by atoms with Gasteiger partial charge in [-0.15, -0.1) is 0 Å². The van der Waals surface area contributed by atoms with Gasteiger partial charge in [0.15, 0.2) is 6.10 Å². The van der Waals surface area contributed by atoms with Crippen molar-refractivity contribution in [2.75, 3.05) is 23.4 Å². The number of carbonyl (C=O) groups is 1. The van der Waals surface area contributed by atoms with Crippen LogP contribution in [0.4, 0.5) is 11.4 Å². The van der Waals surface area contributed by atoms with Crippen LogP contribution in [-0.2, 0) is 4.79 Å². The third-order valence-corrected chi connectivity index (χ3v) is 4.45. The lowest BCUT2D eigenvalue weighted by Crippen LogP contribution is -2.38. The number of nitrogens with zero attached hydrogens (tertiary/aromatic N) is 2. The number of hydrogen-bond acceptors (Lipinski definition) is 3. The van der Waals surface area contributed by atoms with E-state index in [9.17, 15) is 9.90 Å². The van der Waals surface area contributed by atoms with E-state index in [4.69, 9.17) is 0 Å². The Hall–Kier alpha value is -1.55. The summed E-state index contributed by atoms with van der Waals surface area (Å²) in [4.78, 5) is 15.7. The first-order valence-electron chi connectivity index (χ1n) is 6.79. The van der Waals surface area contributed by atoms with Crippen molar-refractivity contribution in [3.63, 3.8) is 0 Å². The van der Waals surface area contributed by atoms with Crippen molar-refractivity contribution < 1.29 is 9.90 Å². The molecule has 4 heteroatoms. The highest BCUT2D eigenvalue weighted by Gasteiger charge is 2.36. The number of aliphatic hydroxyl groups excluding tert-OH is 1. The first-order chi connectivity index (χ1) is 8.92. The summed E-state index contributed by atoms with van der Waals surface area (Å²) < 4.78 is 0. The summed E-state index contributed by atoms with van der Waals surface area (Å²) in [6.45, 7) is 5.54. The third-order valence-electron chi connectivity index (χ3n) is 4.45. The maximum atomic E-state index is 11.8. The highest BCUT2D eigenvalue weighted by Crippen LogP contribution is 2.40. The van der Waals surface area contributed by atoms with E-state index < -0.39 is 6.10 Å².